The highest BCUT2D eigenvalue weighted by Crippen LogP contribution is 2.16. The number of hydrogen-bond acceptors (Lipinski definition) is 2. The van der Waals surface area contributed by atoms with Crippen molar-refractivity contribution < 1.29 is 4.74 Å². The highest BCUT2D eigenvalue weighted by atomic mass is 16.5. The molecule has 14 heavy (non-hydrogen) atoms. The van der Waals surface area contributed by atoms with E-state index in [-0.39, 0.29) is 0 Å². The predicted molar refractivity (Wildman–Crippen MR) is 56.1 cm³/mol. The molecule has 0 aliphatic heterocycles. The molecular formula is C12H13NO. The average molecular weight is 187 g/mol. The zero-order valence-electron chi connectivity index (χ0n) is 8.23. The maximum absolute atomic E-state index is 5.60. The van der Waals surface area contributed by atoms with Crippen molar-refractivity contribution >= 4 is 0 Å². The number of aromatic nitrogens is 1. The van der Waals surface area contributed by atoms with Gasteiger partial charge in [-0.3, -0.25) is 0 Å². The summed E-state index contributed by atoms with van der Waals surface area (Å²) >= 11 is 0. The van der Waals surface area contributed by atoms with E-state index in [1.807, 2.05) is 25.1 Å². The average Bonchev–Trinajstić information content (AvgIpc) is 2.19. The molecule has 0 amide bonds. The minimum Gasteiger partial charge on any atom is -0.439 e. The number of pyridine rings is 1. The van der Waals surface area contributed by atoms with Crippen LogP contribution in [0.2, 0.25) is 0 Å². The lowest BCUT2D eigenvalue weighted by Crippen LogP contribution is -1.97. The summed E-state index contributed by atoms with van der Waals surface area (Å²) in [6, 6.07) is 3.89. The monoisotopic (exact) mass is 187 g/mol. The smallest absolute Gasteiger partial charge is 0.219 e. The maximum Gasteiger partial charge on any atom is 0.219 e. The first kappa shape index (κ1) is 9.00. The second-order valence-electron chi connectivity index (χ2n) is 3.36. The number of allylic oxidation sites excluding steroid dienone is 3. The van der Waals surface area contributed by atoms with Crippen LogP contribution < -0.4 is 4.74 Å². The summed E-state index contributed by atoms with van der Waals surface area (Å²) < 4.78 is 5.60. The normalized spacial score (nSPS) is 15.1. The van der Waals surface area contributed by atoms with E-state index in [4.69, 9.17) is 4.74 Å². The third-order valence-corrected chi connectivity index (χ3v) is 2.07. The van der Waals surface area contributed by atoms with Gasteiger partial charge in [-0.25, -0.2) is 4.98 Å². The van der Waals surface area contributed by atoms with Crippen molar-refractivity contribution in [3.63, 3.8) is 0 Å². The lowest BCUT2D eigenvalue weighted by atomic mass is 10.2. The van der Waals surface area contributed by atoms with Gasteiger partial charge < -0.3 is 4.74 Å². The molecule has 0 unspecified atom stereocenters. The fourth-order valence-corrected chi connectivity index (χ4v) is 1.35. The molecule has 0 aromatic carbocycles. The Bertz CT molecular complexity index is 380. The Balaban J connectivity index is 2.10. The molecule has 2 rings (SSSR count). The van der Waals surface area contributed by atoms with E-state index >= 15 is 0 Å². The summed E-state index contributed by atoms with van der Waals surface area (Å²) in [7, 11) is 0. The van der Waals surface area contributed by atoms with Crippen molar-refractivity contribution in [1.29, 1.82) is 0 Å². The molecule has 0 fully saturated rings. The summed E-state index contributed by atoms with van der Waals surface area (Å²) in [5, 5.41) is 0. The third-order valence-electron chi connectivity index (χ3n) is 2.07. The fraction of sp³-hybridized carbons (Fsp3) is 0.250. The van der Waals surface area contributed by atoms with Crippen molar-refractivity contribution in [1.82, 2.24) is 4.98 Å². The minimum atomic E-state index is 0.669. The maximum atomic E-state index is 5.60. The summed E-state index contributed by atoms with van der Waals surface area (Å²) in [6.07, 6.45) is 10.1. The summed E-state index contributed by atoms with van der Waals surface area (Å²) in [5.41, 5.74) is 1.16. The van der Waals surface area contributed by atoms with Crippen LogP contribution in [-0.4, -0.2) is 4.98 Å². The van der Waals surface area contributed by atoms with Crippen LogP contribution in [0.1, 0.15) is 18.4 Å². The Morgan fingerprint density at radius 2 is 2.29 bits per heavy atom. The van der Waals surface area contributed by atoms with E-state index in [0.29, 0.717) is 5.88 Å². The van der Waals surface area contributed by atoms with Gasteiger partial charge >= 0.3 is 0 Å². The Labute approximate surface area is 83.9 Å². The van der Waals surface area contributed by atoms with E-state index < -0.39 is 0 Å². The number of rotatable bonds is 2. The van der Waals surface area contributed by atoms with Gasteiger partial charge in [-0.2, -0.15) is 0 Å². The topological polar surface area (TPSA) is 22.1 Å². The zero-order valence-corrected chi connectivity index (χ0v) is 8.23. The number of nitrogens with zero attached hydrogens (tertiary/aromatic N) is 1. The molecule has 1 aliphatic carbocycles. The molecule has 1 aromatic heterocycles. The first-order chi connectivity index (χ1) is 6.84. The van der Waals surface area contributed by atoms with Crippen LogP contribution in [0.3, 0.4) is 0 Å². The van der Waals surface area contributed by atoms with Crippen LogP contribution in [0.5, 0.6) is 5.88 Å². The predicted octanol–water partition coefficient (Wildman–Crippen LogP) is 3.00. The summed E-state index contributed by atoms with van der Waals surface area (Å²) in [4.78, 5) is 4.14. The molecule has 2 heteroatoms. The van der Waals surface area contributed by atoms with Crippen LogP contribution in [0.25, 0.3) is 0 Å². The zero-order chi connectivity index (χ0) is 9.80. The van der Waals surface area contributed by atoms with E-state index in [0.717, 1.165) is 24.2 Å². The number of aryl methyl sites for hydroxylation is 1. The van der Waals surface area contributed by atoms with Gasteiger partial charge in [0.2, 0.25) is 5.88 Å². The van der Waals surface area contributed by atoms with Gasteiger partial charge in [0, 0.05) is 12.3 Å². The standard InChI is InChI=1S/C12H13NO/c1-10-7-8-13-12(9-10)14-11-5-3-2-4-6-11/h3,5-9H,2,4H2,1H3. The molecule has 0 spiro atoms. The van der Waals surface area contributed by atoms with Gasteiger partial charge in [0.1, 0.15) is 5.76 Å². The summed E-state index contributed by atoms with van der Waals surface area (Å²) in [6.45, 7) is 2.03. The number of ether oxygens (including phenoxy) is 1. The highest BCUT2D eigenvalue weighted by molar-refractivity contribution is 5.25. The van der Waals surface area contributed by atoms with Gasteiger partial charge in [0.15, 0.2) is 0 Å². The van der Waals surface area contributed by atoms with Gasteiger partial charge in [-0.1, -0.05) is 6.08 Å². The molecule has 0 atom stereocenters. The van der Waals surface area contributed by atoms with Gasteiger partial charge in [0.25, 0.3) is 0 Å². The van der Waals surface area contributed by atoms with Crippen LogP contribution in [0.15, 0.2) is 42.3 Å². The van der Waals surface area contributed by atoms with Crippen molar-refractivity contribution in [2.45, 2.75) is 19.8 Å². The molecule has 0 N–H and O–H groups in total. The van der Waals surface area contributed by atoms with E-state index in [1.165, 1.54) is 0 Å². The molecule has 1 aliphatic rings. The molecule has 0 radical (unpaired) electrons. The molecule has 72 valence electrons. The Hall–Kier alpha value is -1.57. The molecule has 0 saturated carbocycles. The van der Waals surface area contributed by atoms with Gasteiger partial charge in [0.05, 0.1) is 0 Å². The lowest BCUT2D eigenvalue weighted by molar-refractivity contribution is 0.421. The van der Waals surface area contributed by atoms with E-state index in [9.17, 15) is 0 Å². The quantitative estimate of drug-likeness (QED) is 0.710. The highest BCUT2D eigenvalue weighted by Gasteiger charge is 2.01. The second kappa shape index (κ2) is 4.09. The fourth-order valence-electron chi connectivity index (χ4n) is 1.35. The minimum absolute atomic E-state index is 0.669. The van der Waals surface area contributed by atoms with Crippen molar-refractivity contribution in [3.05, 3.63) is 47.9 Å². The lowest BCUT2D eigenvalue weighted by Gasteiger charge is -2.08. The first-order valence-electron chi connectivity index (χ1n) is 4.82. The molecular weight excluding hydrogens is 174 g/mol. The summed E-state index contributed by atoms with van der Waals surface area (Å²) in [5.74, 6) is 1.57. The molecule has 1 aromatic rings. The van der Waals surface area contributed by atoms with Gasteiger partial charge in [-0.05, 0) is 43.5 Å². The number of hydrogen-bond donors (Lipinski definition) is 0. The second-order valence-corrected chi connectivity index (χ2v) is 3.36. The Morgan fingerprint density at radius 3 is 3.00 bits per heavy atom. The SMILES string of the molecule is Cc1ccnc(OC2=CCCC=C2)c1. The van der Waals surface area contributed by atoms with Crippen LogP contribution in [0.4, 0.5) is 0 Å². The molecule has 0 saturated heterocycles. The molecule has 1 heterocycles. The van der Waals surface area contributed by atoms with Crippen LogP contribution in [-0.2, 0) is 0 Å². The van der Waals surface area contributed by atoms with E-state index in [1.54, 1.807) is 6.20 Å². The Morgan fingerprint density at radius 1 is 1.36 bits per heavy atom. The van der Waals surface area contributed by atoms with Crippen molar-refractivity contribution in [2.75, 3.05) is 0 Å². The van der Waals surface area contributed by atoms with Crippen molar-refractivity contribution in [2.24, 2.45) is 0 Å². The third kappa shape index (κ3) is 2.22. The van der Waals surface area contributed by atoms with E-state index in [2.05, 4.69) is 17.1 Å². The first-order valence-corrected chi connectivity index (χ1v) is 4.82. The molecule has 2 nitrogen and oxygen atoms in total. The Kier molecular flexibility index (Phi) is 2.63. The van der Waals surface area contributed by atoms with Crippen LogP contribution in [0, 0.1) is 6.92 Å². The molecule has 0 bridgehead atoms. The largest absolute Gasteiger partial charge is 0.439 e. The van der Waals surface area contributed by atoms with Crippen LogP contribution >= 0.6 is 0 Å². The van der Waals surface area contributed by atoms with Gasteiger partial charge in [-0.15, -0.1) is 0 Å². The van der Waals surface area contributed by atoms with Crippen molar-refractivity contribution in [3.8, 4) is 5.88 Å².